The molecule has 2 atom stereocenters. The molecule has 0 aliphatic carbocycles. The molecule has 0 aliphatic rings. The second kappa shape index (κ2) is 9.91. The monoisotopic (exact) mass is 500 g/mol. The zero-order chi connectivity index (χ0) is 15.1. The van der Waals surface area contributed by atoms with Crippen LogP contribution in [0.2, 0.25) is 0 Å². The highest BCUT2D eigenvalue weighted by atomic mass is 80.0. The van der Waals surface area contributed by atoms with E-state index in [1.165, 1.54) is 0 Å². The van der Waals surface area contributed by atoms with Crippen LogP contribution in [0.4, 0.5) is 0 Å². The van der Waals surface area contributed by atoms with Crippen LogP contribution in [0.3, 0.4) is 0 Å². The molecule has 0 N–H and O–H groups in total. The number of hydrogen-bond acceptors (Lipinski definition) is 3. The largest absolute Gasteiger partial charge is 0.329 e. The zero-order valence-electron chi connectivity index (χ0n) is 12.0. The van der Waals surface area contributed by atoms with Crippen molar-refractivity contribution in [1.82, 2.24) is 0 Å². The smallest absolute Gasteiger partial charge is 0.189 e. The first-order chi connectivity index (χ1) is 8.59. The van der Waals surface area contributed by atoms with Crippen LogP contribution in [0.1, 0.15) is 40.5 Å². The highest BCUT2D eigenvalue weighted by molar-refractivity contribution is 9.39. The highest BCUT2D eigenvalue weighted by Gasteiger charge is 2.28. The normalized spacial score (nSPS) is 17.5. The van der Waals surface area contributed by atoms with Gasteiger partial charge in [-0.15, -0.1) is 0 Å². The number of unbranched alkanes of at least 4 members (excludes halogenated alkanes) is 1. The van der Waals surface area contributed by atoms with Crippen LogP contribution in [-0.4, -0.2) is 21.5 Å². The van der Waals surface area contributed by atoms with Crippen LogP contribution < -0.4 is 0 Å². The Morgan fingerprint density at radius 1 is 1.16 bits per heavy atom. The van der Waals surface area contributed by atoms with Crippen molar-refractivity contribution >= 4 is 66.1 Å². The summed E-state index contributed by atoms with van der Waals surface area (Å²) in [6.07, 6.45) is 2.96. The molecule has 0 aromatic heterocycles. The molecule has 0 aliphatic heterocycles. The lowest BCUT2D eigenvalue weighted by Gasteiger charge is -2.28. The van der Waals surface area contributed by atoms with Crippen molar-refractivity contribution in [3.8, 4) is 0 Å². The van der Waals surface area contributed by atoms with E-state index in [1.54, 1.807) is 0 Å². The topological polar surface area (TPSA) is 18.5 Å². The molecule has 7 heteroatoms. The lowest BCUT2D eigenvalue weighted by atomic mass is 10.0. The quantitative estimate of drug-likeness (QED) is 0.210. The summed E-state index contributed by atoms with van der Waals surface area (Å²) >= 11 is 16.0. The van der Waals surface area contributed by atoms with E-state index in [0.29, 0.717) is 25.0 Å². The van der Waals surface area contributed by atoms with E-state index in [1.807, 2.05) is 0 Å². The molecule has 0 bridgehead atoms. The summed E-state index contributed by atoms with van der Waals surface area (Å²) in [6, 6.07) is 0. The molecule has 116 valence electrons. The molecule has 0 radical (unpaired) electrons. The van der Waals surface area contributed by atoms with E-state index in [-0.39, 0.29) is 0 Å². The van der Waals surface area contributed by atoms with Crippen molar-refractivity contribution in [3.05, 3.63) is 0 Å². The maximum absolute atomic E-state index is 5.93. The van der Waals surface area contributed by atoms with Crippen molar-refractivity contribution in [2.75, 3.05) is 19.4 Å². The maximum Gasteiger partial charge on any atom is 0.189 e. The molecule has 2 nitrogen and oxygen atoms in total. The average molecular weight is 503 g/mol. The van der Waals surface area contributed by atoms with E-state index in [0.717, 1.165) is 19.0 Å². The highest BCUT2D eigenvalue weighted by Crippen LogP contribution is 2.53. The molecule has 0 aromatic rings. The van der Waals surface area contributed by atoms with Crippen molar-refractivity contribution < 1.29 is 9.05 Å². The van der Waals surface area contributed by atoms with Crippen molar-refractivity contribution in [2.24, 2.45) is 11.8 Å². The van der Waals surface area contributed by atoms with Gasteiger partial charge in [0.1, 0.15) is 0 Å². The molecule has 0 rings (SSSR count). The van der Waals surface area contributed by atoms with Crippen molar-refractivity contribution in [1.29, 1.82) is 0 Å². The molecule has 19 heavy (non-hydrogen) atoms. The van der Waals surface area contributed by atoms with Gasteiger partial charge >= 0.3 is 0 Å². The third-order valence-electron chi connectivity index (χ3n) is 2.86. The minimum Gasteiger partial charge on any atom is -0.329 e. The first-order valence-electron chi connectivity index (χ1n) is 6.54. The molecule has 0 saturated carbocycles. The van der Waals surface area contributed by atoms with Gasteiger partial charge in [-0.3, -0.25) is 0 Å². The molecular weight excluding hydrogens is 479 g/mol. The van der Waals surface area contributed by atoms with E-state index >= 15 is 0 Å². The van der Waals surface area contributed by atoms with Gasteiger partial charge in [-0.25, -0.2) is 0 Å². The molecule has 0 fully saturated rings. The number of halogens is 3. The van der Waals surface area contributed by atoms with Gasteiger partial charge < -0.3 is 9.05 Å². The Labute approximate surface area is 148 Å². The predicted octanol–water partition coefficient (Wildman–Crippen LogP) is 6.26. The Bertz CT molecular complexity index is 295. The second-order valence-electron chi connectivity index (χ2n) is 5.09. The van der Waals surface area contributed by atoms with Gasteiger partial charge in [-0.2, -0.15) is 0 Å². The molecular formula is C12H24Br3O2PS. The van der Waals surface area contributed by atoms with Gasteiger partial charge in [-0.1, -0.05) is 81.9 Å². The van der Waals surface area contributed by atoms with E-state index in [2.05, 4.69) is 75.5 Å². The standard InChI is InChI=1S/C12H24Br3O2PS/c1-5-6-7-16-18(19,8-11(4)10(2)3)17-9-12(13,14)15/h10-11H,5-9H2,1-4H3. The number of alkyl halides is 3. The Balaban J connectivity index is 4.57. The fraction of sp³-hybridized carbons (Fsp3) is 1.00. The van der Waals surface area contributed by atoms with E-state index in [9.17, 15) is 0 Å². The SMILES string of the molecule is CCCCOP(=S)(CC(C)C(C)C)OCC(Br)(Br)Br. The van der Waals surface area contributed by atoms with Crippen LogP contribution in [0.25, 0.3) is 0 Å². The van der Waals surface area contributed by atoms with Crippen LogP contribution >= 0.6 is 54.3 Å². The Kier molecular flexibility index (Phi) is 11.0. The molecule has 0 saturated heterocycles. The molecule has 2 unspecified atom stereocenters. The fourth-order valence-corrected chi connectivity index (χ4v) is 5.40. The van der Waals surface area contributed by atoms with Gasteiger partial charge in [0.15, 0.2) is 8.63 Å². The third kappa shape index (κ3) is 11.3. The Morgan fingerprint density at radius 3 is 2.16 bits per heavy atom. The molecule has 0 aromatic carbocycles. The van der Waals surface area contributed by atoms with Crippen LogP contribution in [-0.2, 0) is 20.9 Å². The third-order valence-corrected chi connectivity index (χ3v) is 6.75. The van der Waals surface area contributed by atoms with Crippen LogP contribution in [0.5, 0.6) is 0 Å². The maximum atomic E-state index is 5.93. The van der Waals surface area contributed by atoms with Crippen LogP contribution in [0, 0.1) is 11.8 Å². The second-order valence-corrected chi connectivity index (χ2v) is 16.1. The Hall–Kier alpha value is 2.01. The number of rotatable bonds is 9. The summed E-state index contributed by atoms with van der Waals surface area (Å²) in [6.45, 7) is 7.68. The minimum absolute atomic E-state index is 0.424. The summed E-state index contributed by atoms with van der Waals surface area (Å²) in [7, 11) is 0. The summed E-state index contributed by atoms with van der Waals surface area (Å²) < 4.78 is 11.4. The predicted molar refractivity (Wildman–Crippen MR) is 99.5 cm³/mol. The van der Waals surface area contributed by atoms with Crippen molar-refractivity contribution in [2.45, 2.75) is 42.7 Å². The zero-order valence-corrected chi connectivity index (χ0v) is 18.5. The van der Waals surface area contributed by atoms with E-state index in [4.69, 9.17) is 20.9 Å². The van der Waals surface area contributed by atoms with Gasteiger partial charge in [0.25, 0.3) is 0 Å². The molecule has 0 spiro atoms. The Morgan fingerprint density at radius 2 is 1.74 bits per heavy atom. The van der Waals surface area contributed by atoms with E-state index < -0.39 is 8.63 Å². The summed E-state index contributed by atoms with van der Waals surface area (Å²) in [5.41, 5.74) is 0. The molecule has 0 heterocycles. The van der Waals surface area contributed by atoms with Crippen LogP contribution in [0.15, 0.2) is 0 Å². The van der Waals surface area contributed by atoms with Gasteiger partial charge in [-0.05, 0) is 30.1 Å². The summed E-state index contributed by atoms with van der Waals surface area (Å²) in [4.78, 5) is 0. The summed E-state index contributed by atoms with van der Waals surface area (Å²) in [5, 5.41) is 0. The average Bonchev–Trinajstić information content (AvgIpc) is 2.26. The lowest BCUT2D eigenvalue weighted by molar-refractivity contribution is 0.244. The first kappa shape index (κ1) is 21.0. The summed E-state index contributed by atoms with van der Waals surface area (Å²) in [5.74, 6) is 1.09. The number of hydrogen-bond donors (Lipinski definition) is 0. The van der Waals surface area contributed by atoms with Crippen molar-refractivity contribution in [3.63, 3.8) is 0 Å². The van der Waals surface area contributed by atoms with Gasteiger partial charge in [0.05, 0.1) is 13.2 Å². The van der Waals surface area contributed by atoms with Gasteiger partial charge in [0.2, 0.25) is 0 Å². The minimum atomic E-state index is -2.21. The van der Waals surface area contributed by atoms with Gasteiger partial charge in [0, 0.05) is 6.16 Å². The lowest BCUT2D eigenvalue weighted by Crippen LogP contribution is -2.16. The molecule has 0 amide bonds. The first-order valence-corrected chi connectivity index (χ1v) is 11.7. The fourth-order valence-electron chi connectivity index (χ4n) is 1.23.